The van der Waals surface area contributed by atoms with E-state index in [0.717, 1.165) is 56.8 Å². The average Bonchev–Trinajstić information content (AvgIpc) is 3.65. The van der Waals surface area contributed by atoms with E-state index in [1.807, 2.05) is 42.7 Å². The van der Waals surface area contributed by atoms with Crippen LogP contribution in [0.2, 0.25) is 17.3 Å². The molecule has 1 fully saturated rings. The monoisotopic (exact) mass is 809 g/mol. The normalized spacial score (nSPS) is 13.5. The summed E-state index contributed by atoms with van der Waals surface area (Å²) in [5, 5.41) is 2.28. The van der Waals surface area contributed by atoms with Crippen LogP contribution >= 0.6 is 0 Å². The van der Waals surface area contributed by atoms with Gasteiger partial charge in [-0.05, 0) is 30.2 Å². The van der Waals surface area contributed by atoms with E-state index in [1.165, 1.54) is 47.8 Å². The number of rotatable bonds is 5. The molecule has 0 aliphatic heterocycles. The van der Waals surface area contributed by atoms with Crippen molar-refractivity contribution < 1.29 is 28.9 Å². The van der Waals surface area contributed by atoms with E-state index >= 15 is 0 Å². The number of aromatic nitrogens is 2. The van der Waals surface area contributed by atoms with Gasteiger partial charge in [0, 0.05) is 31.7 Å². The maximum atomic E-state index is 12.8. The fraction of sp³-hybridized carbons (Fsp3) is 0.243. The summed E-state index contributed by atoms with van der Waals surface area (Å²) in [7, 11) is 0. The summed E-state index contributed by atoms with van der Waals surface area (Å²) in [6, 6.07) is 31.5. The molecule has 3 aromatic carbocycles. The first-order valence-corrected chi connectivity index (χ1v) is 22.1. The maximum Gasteiger partial charge on any atom is 0.120 e. The van der Waals surface area contributed by atoms with E-state index < -0.39 is 13.3 Å². The van der Waals surface area contributed by atoms with Crippen molar-refractivity contribution in [1.82, 2.24) is 9.97 Å². The van der Waals surface area contributed by atoms with Crippen LogP contribution in [-0.2, 0) is 26.5 Å². The molecule has 0 saturated heterocycles. The molecule has 1 saturated carbocycles. The minimum absolute atomic E-state index is 0. The van der Waals surface area contributed by atoms with Gasteiger partial charge in [-0.15, -0.1) is 18.2 Å². The molecule has 0 N–H and O–H groups in total. The Morgan fingerprint density at radius 1 is 0.884 bits per heavy atom. The second kappa shape index (κ2) is 13.7. The van der Waals surface area contributed by atoms with E-state index in [-0.39, 0.29) is 25.9 Å². The molecule has 221 valence electrons. The Hall–Kier alpha value is -3.12. The number of benzene rings is 3. The van der Waals surface area contributed by atoms with Crippen molar-refractivity contribution in [3.63, 3.8) is 0 Å². The van der Waals surface area contributed by atoms with E-state index in [0.29, 0.717) is 0 Å². The minimum Gasteiger partial charge on any atom is -0.501 e. The number of pyridine rings is 2. The Bertz CT molecular complexity index is 1800. The van der Waals surface area contributed by atoms with Gasteiger partial charge >= 0.3 is 104 Å². The first kappa shape index (κ1) is 31.3. The van der Waals surface area contributed by atoms with Gasteiger partial charge in [-0.3, -0.25) is 0 Å². The van der Waals surface area contributed by atoms with Crippen LogP contribution in [0.15, 0.2) is 95.7 Å². The summed E-state index contributed by atoms with van der Waals surface area (Å²) < 4.78 is 20.3. The van der Waals surface area contributed by atoms with Crippen LogP contribution in [-0.4, -0.2) is 23.2 Å². The van der Waals surface area contributed by atoms with Gasteiger partial charge in [0.25, 0.3) is 0 Å². The van der Waals surface area contributed by atoms with Crippen LogP contribution in [0.3, 0.4) is 0 Å². The molecule has 0 spiro atoms. The second-order valence-corrected chi connectivity index (χ2v) is 22.9. The van der Waals surface area contributed by atoms with Crippen molar-refractivity contribution >= 4 is 39.6 Å². The SMILES string of the molecule is [CH3][Ge]([CH3])([CH3])[c]1ccc(-c2[c-]cc(F)cc2)nc1.[Ir].[c-]1ccc2c(oc3ccccc32)c1-c1cc(CC2CCCC2)ccn1. The van der Waals surface area contributed by atoms with Gasteiger partial charge < -0.3 is 9.40 Å². The van der Waals surface area contributed by atoms with Gasteiger partial charge in [-0.25, -0.2) is 0 Å². The van der Waals surface area contributed by atoms with Gasteiger partial charge in [0.05, 0.1) is 5.58 Å². The molecule has 1 aliphatic rings. The van der Waals surface area contributed by atoms with Crippen LogP contribution in [0.25, 0.3) is 44.5 Å². The first-order chi connectivity index (χ1) is 20.3. The molecule has 7 rings (SSSR count). The number of furan rings is 1. The summed E-state index contributed by atoms with van der Waals surface area (Å²) >= 11 is -1.79. The molecule has 3 nitrogen and oxygen atoms in total. The predicted molar refractivity (Wildman–Crippen MR) is 173 cm³/mol. The molecule has 0 amide bonds. The quantitative estimate of drug-likeness (QED) is 0.129. The Morgan fingerprint density at radius 2 is 1.70 bits per heavy atom. The molecule has 43 heavy (non-hydrogen) atoms. The van der Waals surface area contributed by atoms with Gasteiger partial charge in [-0.2, -0.15) is 0 Å². The average molecular weight is 808 g/mol. The summed E-state index contributed by atoms with van der Waals surface area (Å²) in [4.78, 5) is 9.05. The standard InChI is InChI=1S/C23H20NO.C14H15FGeN.Ir/c1-2-7-16(6-1)14-17-12-13-24-21(15-17)20-10-5-9-19-18-8-3-4-11-22(18)25-23(19)20;1-16(2,3)13-8-9-14(17-10-13)11-4-6-12(15)7-5-11;/h3-5,8-9,11-13,15-16H,1-2,6-7,14H2;4,6-10H,1-3H3;/q2*-1;. The zero-order valence-electron chi connectivity index (χ0n) is 24.8. The van der Waals surface area contributed by atoms with Gasteiger partial charge in [0.15, 0.2) is 0 Å². The summed E-state index contributed by atoms with van der Waals surface area (Å²) in [6.07, 6.45) is 10.5. The largest absolute Gasteiger partial charge is 0.501 e. The van der Waals surface area contributed by atoms with E-state index in [1.54, 1.807) is 6.07 Å². The Balaban J connectivity index is 0.000000180. The van der Waals surface area contributed by atoms with E-state index in [2.05, 4.69) is 69.7 Å². The van der Waals surface area contributed by atoms with Crippen molar-refractivity contribution in [3.05, 3.63) is 115 Å². The van der Waals surface area contributed by atoms with Gasteiger partial charge in [0.2, 0.25) is 0 Å². The third-order valence-electron chi connectivity index (χ3n) is 8.10. The van der Waals surface area contributed by atoms with Crippen molar-refractivity contribution in [1.29, 1.82) is 0 Å². The number of para-hydroxylation sites is 1. The molecule has 6 heteroatoms. The third kappa shape index (κ3) is 7.34. The number of nitrogens with zero attached hydrogens (tertiary/aromatic N) is 2. The van der Waals surface area contributed by atoms with Crippen LogP contribution < -0.4 is 4.40 Å². The summed E-state index contributed by atoms with van der Waals surface area (Å²) in [5.74, 6) is 7.57. The van der Waals surface area contributed by atoms with Crippen molar-refractivity contribution in [2.24, 2.45) is 5.92 Å². The third-order valence-corrected chi connectivity index (χ3v) is 12.4. The summed E-state index contributed by atoms with van der Waals surface area (Å²) in [6.45, 7) is 0. The second-order valence-electron chi connectivity index (χ2n) is 12.2. The van der Waals surface area contributed by atoms with Crippen molar-refractivity contribution in [2.45, 2.75) is 49.4 Å². The van der Waals surface area contributed by atoms with E-state index in [4.69, 9.17) is 4.42 Å². The van der Waals surface area contributed by atoms with Crippen LogP contribution in [0, 0.1) is 23.9 Å². The first-order valence-electron chi connectivity index (χ1n) is 14.8. The molecule has 1 aliphatic carbocycles. The molecule has 0 bridgehead atoms. The predicted octanol–water partition coefficient (Wildman–Crippen LogP) is 9.41. The van der Waals surface area contributed by atoms with Crippen LogP contribution in [0.4, 0.5) is 4.39 Å². The smallest absolute Gasteiger partial charge is 0.120 e. The molecule has 1 radical (unpaired) electrons. The Labute approximate surface area is 269 Å². The van der Waals surface area contributed by atoms with Gasteiger partial charge in [0.1, 0.15) is 5.58 Å². The molecular formula is C37H35FGeIrN2O-2. The Kier molecular flexibility index (Phi) is 9.96. The van der Waals surface area contributed by atoms with Crippen LogP contribution in [0.1, 0.15) is 31.2 Å². The maximum absolute atomic E-state index is 12.8. The molecule has 0 unspecified atom stereocenters. The number of hydrogen-bond acceptors (Lipinski definition) is 3. The van der Waals surface area contributed by atoms with Gasteiger partial charge in [-0.1, -0.05) is 66.5 Å². The zero-order valence-corrected chi connectivity index (χ0v) is 29.3. The fourth-order valence-electron chi connectivity index (χ4n) is 5.73. The molecule has 6 aromatic rings. The fourth-order valence-corrected chi connectivity index (χ4v) is 7.90. The zero-order chi connectivity index (χ0) is 29.1. The van der Waals surface area contributed by atoms with Crippen molar-refractivity contribution in [2.75, 3.05) is 0 Å². The Morgan fingerprint density at radius 3 is 2.42 bits per heavy atom. The van der Waals surface area contributed by atoms with Crippen molar-refractivity contribution in [3.8, 4) is 22.5 Å². The molecular weight excluding hydrogens is 772 g/mol. The van der Waals surface area contributed by atoms with E-state index in [9.17, 15) is 4.39 Å². The number of fused-ring (bicyclic) bond motifs is 3. The number of hydrogen-bond donors (Lipinski definition) is 0. The molecule has 3 heterocycles. The molecule has 0 atom stereocenters. The molecule has 3 aromatic heterocycles. The number of halogens is 1. The summed E-state index contributed by atoms with van der Waals surface area (Å²) in [5.41, 5.74) is 6.77. The topological polar surface area (TPSA) is 38.9 Å². The van der Waals surface area contributed by atoms with Crippen LogP contribution in [0.5, 0.6) is 0 Å². The minimum atomic E-state index is -1.79.